The summed E-state index contributed by atoms with van der Waals surface area (Å²) in [7, 11) is 1.62. The van der Waals surface area contributed by atoms with Crippen molar-refractivity contribution in [1.82, 2.24) is 5.32 Å². The highest BCUT2D eigenvalue weighted by Crippen LogP contribution is 2.18. The summed E-state index contributed by atoms with van der Waals surface area (Å²) < 4.78 is 31.4. The van der Waals surface area contributed by atoms with E-state index in [0.717, 1.165) is 17.4 Å². The SMILES string of the molecule is COc1ccc(C(C)NCc2ccc(F)cc2F)cc1. The van der Waals surface area contributed by atoms with Gasteiger partial charge in [-0.2, -0.15) is 0 Å². The second kappa shape index (κ2) is 6.48. The summed E-state index contributed by atoms with van der Waals surface area (Å²) in [6, 6.07) is 11.4. The Bertz CT molecular complexity index is 569. The van der Waals surface area contributed by atoms with Gasteiger partial charge in [-0.1, -0.05) is 18.2 Å². The zero-order chi connectivity index (χ0) is 14.5. The molecular formula is C16H17F2NO. The minimum atomic E-state index is -0.561. The van der Waals surface area contributed by atoms with Gasteiger partial charge in [0.2, 0.25) is 0 Å². The number of nitrogens with one attached hydrogen (secondary N) is 1. The van der Waals surface area contributed by atoms with Gasteiger partial charge < -0.3 is 10.1 Å². The Morgan fingerprint density at radius 3 is 2.40 bits per heavy atom. The topological polar surface area (TPSA) is 21.3 Å². The molecule has 0 aromatic heterocycles. The van der Waals surface area contributed by atoms with Crippen molar-refractivity contribution in [3.05, 3.63) is 65.2 Å². The molecule has 0 saturated heterocycles. The number of hydrogen-bond donors (Lipinski definition) is 1. The van der Waals surface area contributed by atoms with Gasteiger partial charge in [0.1, 0.15) is 17.4 Å². The lowest BCUT2D eigenvalue weighted by Gasteiger charge is -2.15. The van der Waals surface area contributed by atoms with Gasteiger partial charge in [-0.25, -0.2) is 8.78 Å². The van der Waals surface area contributed by atoms with E-state index in [2.05, 4.69) is 5.32 Å². The molecule has 2 aromatic rings. The minimum Gasteiger partial charge on any atom is -0.497 e. The van der Waals surface area contributed by atoms with Crippen molar-refractivity contribution in [3.63, 3.8) is 0 Å². The molecule has 1 N–H and O–H groups in total. The third-order valence-electron chi connectivity index (χ3n) is 3.23. The maximum atomic E-state index is 13.5. The van der Waals surface area contributed by atoms with Gasteiger partial charge >= 0.3 is 0 Å². The zero-order valence-corrected chi connectivity index (χ0v) is 11.5. The first-order valence-electron chi connectivity index (χ1n) is 6.41. The average Bonchev–Trinajstić information content (AvgIpc) is 2.46. The van der Waals surface area contributed by atoms with Gasteiger partial charge in [0.25, 0.3) is 0 Å². The van der Waals surface area contributed by atoms with Crippen LogP contribution in [0.15, 0.2) is 42.5 Å². The van der Waals surface area contributed by atoms with E-state index in [9.17, 15) is 8.78 Å². The second-order valence-corrected chi connectivity index (χ2v) is 4.61. The highest BCUT2D eigenvalue weighted by Gasteiger charge is 2.08. The van der Waals surface area contributed by atoms with Crippen LogP contribution >= 0.6 is 0 Å². The van der Waals surface area contributed by atoms with Crippen LogP contribution in [0, 0.1) is 11.6 Å². The van der Waals surface area contributed by atoms with E-state index in [1.807, 2.05) is 31.2 Å². The Labute approximate surface area is 117 Å². The molecule has 0 radical (unpaired) electrons. The van der Waals surface area contributed by atoms with E-state index in [4.69, 9.17) is 4.74 Å². The van der Waals surface area contributed by atoms with Crippen LogP contribution in [0.3, 0.4) is 0 Å². The Balaban J connectivity index is 1.98. The third-order valence-corrected chi connectivity index (χ3v) is 3.23. The predicted octanol–water partition coefficient (Wildman–Crippen LogP) is 3.82. The average molecular weight is 277 g/mol. The molecule has 0 fully saturated rings. The maximum Gasteiger partial charge on any atom is 0.130 e. The van der Waals surface area contributed by atoms with E-state index in [0.29, 0.717) is 12.1 Å². The predicted molar refractivity (Wildman–Crippen MR) is 74.6 cm³/mol. The number of rotatable bonds is 5. The molecule has 0 aliphatic heterocycles. The third kappa shape index (κ3) is 3.54. The summed E-state index contributed by atoms with van der Waals surface area (Å²) in [4.78, 5) is 0. The first kappa shape index (κ1) is 14.5. The number of halogens is 2. The number of ether oxygens (including phenoxy) is 1. The lowest BCUT2D eigenvalue weighted by atomic mass is 10.1. The van der Waals surface area contributed by atoms with Gasteiger partial charge in [0.05, 0.1) is 7.11 Å². The fraction of sp³-hybridized carbons (Fsp3) is 0.250. The van der Waals surface area contributed by atoms with Crippen molar-refractivity contribution >= 4 is 0 Å². The summed E-state index contributed by atoms with van der Waals surface area (Å²) in [5.41, 5.74) is 1.53. The highest BCUT2D eigenvalue weighted by molar-refractivity contribution is 5.29. The molecule has 0 bridgehead atoms. The standard InChI is InChI=1S/C16H17F2NO/c1-11(12-4-7-15(20-2)8-5-12)19-10-13-3-6-14(17)9-16(13)18/h3-9,11,19H,10H2,1-2H3. The first-order chi connectivity index (χ1) is 9.60. The Morgan fingerprint density at radius 1 is 1.10 bits per heavy atom. The van der Waals surface area contributed by atoms with E-state index in [-0.39, 0.29) is 6.04 Å². The summed E-state index contributed by atoms with van der Waals surface area (Å²) in [5, 5.41) is 3.21. The molecule has 106 valence electrons. The van der Waals surface area contributed by atoms with Crippen LogP contribution in [0.25, 0.3) is 0 Å². The van der Waals surface area contributed by atoms with Crippen molar-refractivity contribution in [3.8, 4) is 5.75 Å². The molecule has 20 heavy (non-hydrogen) atoms. The molecule has 0 saturated carbocycles. The van der Waals surface area contributed by atoms with Gasteiger partial charge in [0, 0.05) is 24.2 Å². The van der Waals surface area contributed by atoms with Crippen molar-refractivity contribution in [2.75, 3.05) is 7.11 Å². The molecule has 1 atom stereocenters. The van der Waals surface area contributed by atoms with E-state index in [1.165, 1.54) is 12.1 Å². The van der Waals surface area contributed by atoms with Gasteiger partial charge in [-0.05, 0) is 30.7 Å². The van der Waals surface area contributed by atoms with Crippen molar-refractivity contribution < 1.29 is 13.5 Å². The van der Waals surface area contributed by atoms with Crippen LogP contribution < -0.4 is 10.1 Å². The monoisotopic (exact) mass is 277 g/mol. The van der Waals surface area contributed by atoms with E-state index < -0.39 is 11.6 Å². The van der Waals surface area contributed by atoms with E-state index >= 15 is 0 Å². The smallest absolute Gasteiger partial charge is 0.130 e. The Morgan fingerprint density at radius 2 is 1.80 bits per heavy atom. The van der Waals surface area contributed by atoms with Crippen LogP contribution in [0.4, 0.5) is 8.78 Å². The van der Waals surface area contributed by atoms with Crippen LogP contribution in [-0.2, 0) is 6.54 Å². The molecule has 2 aromatic carbocycles. The van der Waals surface area contributed by atoms with Crippen molar-refractivity contribution in [2.24, 2.45) is 0 Å². The molecular weight excluding hydrogens is 260 g/mol. The normalized spacial score (nSPS) is 12.2. The minimum absolute atomic E-state index is 0.0605. The highest BCUT2D eigenvalue weighted by atomic mass is 19.1. The number of hydrogen-bond acceptors (Lipinski definition) is 2. The summed E-state index contributed by atoms with van der Waals surface area (Å²) in [6.45, 7) is 2.34. The molecule has 0 heterocycles. The molecule has 0 aliphatic rings. The molecule has 0 amide bonds. The zero-order valence-electron chi connectivity index (χ0n) is 11.5. The van der Waals surface area contributed by atoms with Crippen LogP contribution in [0.1, 0.15) is 24.1 Å². The molecule has 0 spiro atoms. The van der Waals surface area contributed by atoms with E-state index in [1.54, 1.807) is 7.11 Å². The first-order valence-corrected chi connectivity index (χ1v) is 6.41. The molecule has 1 unspecified atom stereocenters. The summed E-state index contributed by atoms with van der Waals surface area (Å²) in [5.74, 6) is -0.292. The van der Waals surface area contributed by atoms with Crippen LogP contribution in [0.5, 0.6) is 5.75 Å². The molecule has 0 aliphatic carbocycles. The maximum absolute atomic E-state index is 13.5. The largest absolute Gasteiger partial charge is 0.497 e. The van der Waals surface area contributed by atoms with Crippen LogP contribution in [0.2, 0.25) is 0 Å². The summed E-state index contributed by atoms with van der Waals surface area (Å²) >= 11 is 0. The van der Waals surface area contributed by atoms with Gasteiger partial charge in [-0.3, -0.25) is 0 Å². The Hall–Kier alpha value is -1.94. The van der Waals surface area contributed by atoms with Crippen molar-refractivity contribution in [2.45, 2.75) is 19.5 Å². The molecule has 2 nitrogen and oxygen atoms in total. The Kier molecular flexibility index (Phi) is 4.69. The lowest BCUT2D eigenvalue weighted by molar-refractivity contribution is 0.414. The fourth-order valence-electron chi connectivity index (χ4n) is 1.94. The number of benzene rings is 2. The van der Waals surface area contributed by atoms with Gasteiger partial charge in [-0.15, -0.1) is 0 Å². The second-order valence-electron chi connectivity index (χ2n) is 4.61. The molecule has 2 rings (SSSR count). The number of methoxy groups -OCH3 is 1. The fourth-order valence-corrected chi connectivity index (χ4v) is 1.94. The molecule has 4 heteroatoms. The van der Waals surface area contributed by atoms with Crippen LogP contribution in [-0.4, -0.2) is 7.11 Å². The lowest BCUT2D eigenvalue weighted by Crippen LogP contribution is -2.18. The quantitative estimate of drug-likeness (QED) is 0.897. The van der Waals surface area contributed by atoms with Crippen molar-refractivity contribution in [1.29, 1.82) is 0 Å². The summed E-state index contributed by atoms with van der Waals surface area (Å²) in [6.07, 6.45) is 0. The van der Waals surface area contributed by atoms with Gasteiger partial charge in [0.15, 0.2) is 0 Å².